The lowest BCUT2D eigenvalue weighted by molar-refractivity contribution is 0.483. The summed E-state index contributed by atoms with van der Waals surface area (Å²) in [5.74, 6) is 2.40. The summed E-state index contributed by atoms with van der Waals surface area (Å²) in [4.78, 5) is 10.3. The molecular weight excluding hydrogens is 925 g/mol. The second-order valence-corrected chi connectivity index (χ2v) is 25.9. The molecule has 2 aromatic heterocycles. The van der Waals surface area contributed by atoms with Crippen molar-refractivity contribution in [2.24, 2.45) is 0 Å². The lowest BCUT2D eigenvalue weighted by Crippen LogP contribution is -2.35. The normalized spacial score (nSPS) is 14.1. The van der Waals surface area contributed by atoms with Gasteiger partial charge in [-0.3, -0.25) is 4.57 Å². The number of hydrogen-bond acceptors (Lipinski definition) is 4. The molecule has 1 aliphatic rings. The summed E-state index contributed by atoms with van der Waals surface area (Å²) in [5.41, 5.74) is 14.7. The summed E-state index contributed by atoms with van der Waals surface area (Å²) in [6, 6.07) is 66.8. The molecule has 10 rings (SSSR count). The Hall–Kier alpha value is -7.37. The van der Waals surface area contributed by atoms with Crippen molar-refractivity contribution in [2.75, 3.05) is 16.5 Å². The van der Waals surface area contributed by atoms with E-state index in [1.807, 2.05) is 6.20 Å². The van der Waals surface area contributed by atoms with E-state index < -0.39 is 10.8 Å². The van der Waals surface area contributed by atoms with Gasteiger partial charge in [0.25, 0.3) is 0 Å². The third kappa shape index (κ3) is 9.63. The monoisotopic (exact) mass is 1000 g/mol. The zero-order valence-electron chi connectivity index (χ0n) is 47.8. The van der Waals surface area contributed by atoms with E-state index in [4.69, 9.17) is 9.72 Å². The Labute approximate surface area is 453 Å². The summed E-state index contributed by atoms with van der Waals surface area (Å²) in [6.45, 7) is 35.6. The van der Waals surface area contributed by atoms with Gasteiger partial charge in [-0.15, -0.1) is 0 Å². The van der Waals surface area contributed by atoms with Crippen LogP contribution in [-0.2, 0) is 32.5 Å². The fraction of sp³-hybridized carbons (Fsp3) is 0.310. The maximum Gasteiger partial charge on any atom is 0.137 e. The van der Waals surface area contributed by atoms with Crippen molar-refractivity contribution in [3.05, 3.63) is 239 Å². The number of allylic oxidation sites excluding steroid dienone is 2. The van der Waals surface area contributed by atoms with Crippen LogP contribution in [0.1, 0.15) is 143 Å². The van der Waals surface area contributed by atoms with E-state index in [9.17, 15) is 0 Å². The predicted octanol–water partition coefficient (Wildman–Crippen LogP) is 18.6. The molecule has 0 N–H and O–H groups in total. The van der Waals surface area contributed by atoms with E-state index in [0.717, 1.165) is 39.4 Å². The summed E-state index contributed by atoms with van der Waals surface area (Å²) in [5, 5.41) is 2.35. The molecule has 0 aliphatic carbocycles. The molecule has 0 saturated heterocycles. The molecule has 0 atom stereocenters. The number of rotatable bonds is 11. The molecule has 0 fully saturated rings. The predicted molar refractivity (Wildman–Crippen MR) is 322 cm³/mol. The number of hydrogen-bond donors (Lipinski definition) is 0. The van der Waals surface area contributed by atoms with Crippen molar-refractivity contribution in [3.63, 3.8) is 0 Å². The van der Waals surface area contributed by atoms with Gasteiger partial charge in [-0.2, -0.15) is 0 Å². The van der Waals surface area contributed by atoms with Crippen LogP contribution in [0.5, 0.6) is 11.5 Å². The van der Waals surface area contributed by atoms with Crippen LogP contribution >= 0.6 is 0 Å². The minimum absolute atomic E-state index is 0.0177. The molecule has 7 aromatic carbocycles. The molecule has 0 spiro atoms. The maximum absolute atomic E-state index is 7.08. The third-order valence-electron chi connectivity index (χ3n) is 16.3. The number of fused-ring (bicyclic) bond motifs is 3. The summed E-state index contributed by atoms with van der Waals surface area (Å²) in [6.07, 6.45) is 1.96. The van der Waals surface area contributed by atoms with E-state index in [1.54, 1.807) is 0 Å². The second kappa shape index (κ2) is 19.0. The van der Waals surface area contributed by atoms with E-state index in [0.29, 0.717) is 6.67 Å². The number of anilines is 2. The maximum atomic E-state index is 7.08. The van der Waals surface area contributed by atoms with Gasteiger partial charge in [0.2, 0.25) is 0 Å². The number of aromatic nitrogens is 2. The zero-order chi connectivity index (χ0) is 54.2. The van der Waals surface area contributed by atoms with Crippen LogP contribution in [0, 0.1) is 0 Å². The van der Waals surface area contributed by atoms with E-state index >= 15 is 0 Å². The fourth-order valence-electron chi connectivity index (χ4n) is 11.4. The van der Waals surface area contributed by atoms with Crippen LogP contribution in [0.2, 0.25) is 0 Å². The molecule has 388 valence electrons. The molecule has 9 aromatic rings. The van der Waals surface area contributed by atoms with Gasteiger partial charge in [0.15, 0.2) is 0 Å². The highest BCUT2D eigenvalue weighted by Crippen LogP contribution is 2.51. The third-order valence-corrected chi connectivity index (χ3v) is 16.3. The Bertz CT molecular complexity index is 3580. The average molecular weight is 1000 g/mol. The minimum atomic E-state index is -0.421. The Kier molecular flexibility index (Phi) is 13.0. The van der Waals surface area contributed by atoms with E-state index in [2.05, 4.69) is 300 Å². The first-order valence-corrected chi connectivity index (χ1v) is 27.3. The molecule has 0 radical (unpaired) electrons. The SMILES string of the molecule is CC(C)(C)c1cc(N2CN(c3cccc(Oc4ccc5c6cc(C(C)(C)C)ccc6n(-c6cc(C(C)(C)c7ccccc7)ccn6)c5c4)c3)C(C(C)(C)c3ccccc3)=C2C(C)(C)c2ccccc2)cc(C(C)(C)C)c1. The van der Waals surface area contributed by atoms with Crippen LogP contribution in [0.3, 0.4) is 0 Å². The average Bonchev–Trinajstić information content (AvgIpc) is 4.03. The topological polar surface area (TPSA) is 33.5 Å². The van der Waals surface area contributed by atoms with E-state index in [1.165, 1.54) is 61.4 Å². The van der Waals surface area contributed by atoms with E-state index in [-0.39, 0.29) is 21.7 Å². The van der Waals surface area contributed by atoms with Crippen molar-refractivity contribution in [1.82, 2.24) is 9.55 Å². The van der Waals surface area contributed by atoms with Gasteiger partial charge in [0, 0.05) is 56.7 Å². The Balaban J connectivity index is 1.13. The standard InChI is InChI=1S/C71H78N4O/c1-66(2,3)51-34-37-61-60(43-51)59-36-35-58(46-62(59)75(61)63-44-52(38-39-72-63)69(10,11)48-26-19-16-20-27-48)76-57-33-25-32-55(45-57)73-47-74(56-41-53(67(4,5)6)40-54(42-56)68(7,8)9)65(71(14,15)50-30-23-18-24-31-50)64(73)70(12,13)49-28-21-17-22-29-49/h16-46H,47H2,1-15H3. The molecule has 0 unspecified atom stereocenters. The molecule has 0 amide bonds. The van der Waals surface area contributed by atoms with Crippen molar-refractivity contribution in [1.29, 1.82) is 0 Å². The molecule has 5 nitrogen and oxygen atoms in total. The number of benzene rings is 7. The van der Waals surface area contributed by atoms with Gasteiger partial charge >= 0.3 is 0 Å². The largest absolute Gasteiger partial charge is 0.457 e. The highest BCUT2D eigenvalue weighted by Gasteiger charge is 2.46. The Morgan fingerprint density at radius 1 is 0.355 bits per heavy atom. The van der Waals surface area contributed by atoms with Crippen molar-refractivity contribution >= 4 is 33.2 Å². The van der Waals surface area contributed by atoms with Gasteiger partial charge in [-0.05, 0) is 116 Å². The van der Waals surface area contributed by atoms with Gasteiger partial charge < -0.3 is 14.5 Å². The smallest absolute Gasteiger partial charge is 0.137 e. The molecule has 76 heavy (non-hydrogen) atoms. The van der Waals surface area contributed by atoms with Crippen molar-refractivity contribution in [3.8, 4) is 17.3 Å². The van der Waals surface area contributed by atoms with Crippen LogP contribution in [0.25, 0.3) is 27.6 Å². The highest BCUT2D eigenvalue weighted by atomic mass is 16.5. The number of ether oxygens (including phenoxy) is 1. The molecular formula is C71H78N4O. The molecule has 3 heterocycles. The first kappa shape index (κ1) is 52.1. The first-order valence-electron chi connectivity index (χ1n) is 27.3. The lowest BCUT2D eigenvalue weighted by Gasteiger charge is -2.38. The summed E-state index contributed by atoms with van der Waals surface area (Å²) < 4.78 is 9.41. The Morgan fingerprint density at radius 3 is 1.41 bits per heavy atom. The lowest BCUT2D eigenvalue weighted by atomic mass is 9.73. The van der Waals surface area contributed by atoms with Crippen molar-refractivity contribution in [2.45, 2.75) is 136 Å². The number of pyridine rings is 1. The summed E-state index contributed by atoms with van der Waals surface area (Å²) >= 11 is 0. The van der Waals surface area contributed by atoms with Crippen LogP contribution in [0.15, 0.2) is 200 Å². The minimum Gasteiger partial charge on any atom is -0.457 e. The summed E-state index contributed by atoms with van der Waals surface area (Å²) in [7, 11) is 0. The number of nitrogens with zero attached hydrogens (tertiary/aromatic N) is 4. The first-order chi connectivity index (χ1) is 35.8. The van der Waals surface area contributed by atoms with Crippen LogP contribution < -0.4 is 14.5 Å². The Morgan fingerprint density at radius 2 is 0.868 bits per heavy atom. The quantitative estimate of drug-likeness (QED) is 0.129. The van der Waals surface area contributed by atoms with Crippen LogP contribution in [-0.4, -0.2) is 16.2 Å². The van der Waals surface area contributed by atoms with Crippen LogP contribution in [0.4, 0.5) is 11.4 Å². The van der Waals surface area contributed by atoms with Gasteiger partial charge in [0.05, 0.1) is 29.1 Å². The molecule has 5 heteroatoms. The van der Waals surface area contributed by atoms with Crippen molar-refractivity contribution < 1.29 is 4.74 Å². The second-order valence-electron chi connectivity index (χ2n) is 25.9. The molecule has 0 saturated carbocycles. The fourth-order valence-corrected chi connectivity index (χ4v) is 11.4. The van der Waals surface area contributed by atoms with Gasteiger partial charge in [-0.25, -0.2) is 4.98 Å². The van der Waals surface area contributed by atoms with Gasteiger partial charge in [-0.1, -0.05) is 213 Å². The highest BCUT2D eigenvalue weighted by molar-refractivity contribution is 6.09. The molecule has 1 aliphatic heterocycles. The molecule has 0 bridgehead atoms. The van der Waals surface area contributed by atoms with Gasteiger partial charge in [0.1, 0.15) is 17.3 Å². The zero-order valence-corrected chi connectivity index (χ0v) is 47.8.